The van der Waals surface area contributed by atoms with E-state index in [1.807, 2.05) is 81.4 Å². The predicted octanol–water partition coefficient (Wildman–Crippen LogP) is 7.58. The Morgan fingerprint density at radius 3 is 2.29 bits per heavy atom. The molecular formula is C37H40F3N3O4S. The highest BCUT2D eigenvalue weighted by Gasteiger charge is 2.44. The molecule has 4 aromatic rings. The van der Waals surface area contributed by atoms with E-state index in [1.165, 1.54) is 28.1 Å². The number of hydrogen-bond acceptors (Lipinski definition) is 6. The Labute approximate surface area is 283 Å². The molecule has 0 bridgehead atoms. The van der Waals surface area contributed by atoms with Crippen LogP contribution in [-0.4, -0.2) is 63.8 Å². The first-order valence-corrected chi connectivity index (χ1v) is 16.7. The zero-order chi connectivity index (χ0) is 34.6. The van der Waals surface area contributed by atoms with Crippen molar-refractivity contribution in [2.24, 2.45) is 11.3 Å². The van der Waals surface area contributed by atoms with E-state index in [2.05, 4.69) is 0 Å². The molecule has 2 heterocycles. The number of thiazole rings is 1. The SMILES string of the molecule is C[C@H](O)C(=O)N(C[C@H]1CN(C(=O)OCc2ccccc2)C[C@@H]1F)[C@@H](c1nc(-c2cc(F)ccc2F)sc1Cc1ccccc1)C(C)(C)C. The molecular weight excluding hydrogens is 639 g/mol. The normalized spacial score (nSPS) is 17.6. The third-order valence-corrected chi connectivity index (χ3v) is 9.49. The van der Waals surface area contributed by atoms with Gasteiger partial charge >= 0.3 is 6.09 Å². The molecule has 4 atom stereocenters. The molecule has 0 spiro atoms. The summed E-state index contributed by atoms with van der Waals surface area (Å²) in [4.78, 5) is 35.1. The first-order valence-electron chi connectivity index (χ1n) is 15.9. The zero-order valence-electron chi connectivity index (χ0n) is 27.4. The molecule has 0 radical (unpaired) electrons. The van der Waals surface area contributed by atoms with Gasteiger partial charge in [-0.2, -0.15) is 0 Å². The number of likely N-dealkylation sites (tertiary alicyclic amines) is 1. The maximum Gasteiger partial charge on any atom is 0.410 e. The van der Waals surface area contributed by atoms with Crippen LogP contribution in [0.5, 0.6) is 0 Å². The highest BCUT2D eigenvalue weighted by atomic mass is 32.1. The Bertz CT molecular complexity index is 1710. The zero-order valence-corrected chi connectivity index (χ0v) is 28.2. The monoisotopic (exact) mass is 679 g/mol. The van der Waals surface area contributed by atoms with E-state index in [9.17, 15) is 19.1 Å². The van der Waals surface area contributed by atoms with Crippen molar-refractivity contribution in [3.05, 3.63) is 112 Å². The van der Waals surface area contributed by atoms with Crippen molar-refractivity contribution in [3.8, 4) is 10.6 Å². The Hall–Kier alpha value is -4.22. The van der Waals surface area contributed by atoms with Gasteiger partial charge in [-0.25, -0.2) is 22.9 Å². The molecule has 5 rings (SSSR count). The molecule has 0 unspecified atom stereocenters. The standard InChI is InChI=1S/C37H40F3N3O4S/c1-23(44)35(45)43(20-26-19-42(21-30(26)40)36(46)47-22-25-13-9-6-10-14-25)33(37(2,3)4)32-31(17-24-11-7-5-8-12-24)48-34(41-32)28-18-27(38)15-16-29(28)39/h5-16,18,23,26,30,33,44H,17,19-22H2,1-4H3/t23-,26+,30-,33-/m0/s1. The van der Waals surface area contributed by atoms with Crippen molar-refractivity contribution in [3.63, 3.8) is 0 Å². The Morgan fingerprint density at radius 2 is 1.67 bits per heavy atom. The molecule has 1 saturated heterocycles. The van der Waals surface area contributed by atoms with Crippen LogP contribution in [0.3, 0.4) is 0 Å². The molecule has 1 fully saturated rings. The molecule has 254 valence electrons. The molecule has 2 amide bonds. The molecule has 1 aromatic heterocycles. The number of halogens is 3. The van der Waals surface area contributed by atoms with E-state index in [0.717, 1.165) is 34.2 Å². The number of ether oxygens (including phenoxy) is 1. The summed E-state index contributed by atoms with van der Waals surface area (Å²) in [6.45, 7) is 6.79. The summed E-state index contributed by atoms with van der Waals surface area (Å²) in [5, 5.41) is 10.8. The van der Waals surface area contributed by atoms with Crippen molar-refractivity contribution in [1.29, 1.82) is 0 Å². The first kappa shape index (κ1) is 35.1. The van der Waals surface area contributed by atoms with Crippen LogP contribution in [0, 0.1) is 23.0 Å². The summed E-state index contributed by atoms with van der Waals surface area (Å²) in [6.07, 6.45) is -3.14. The van der Waals surface area contributed by atoms with Gasteiger partial charge in [0.2, 0.25) is 0 Å². The van der Waals surface area contributed by atoms with Crippen molar-refractivity contribution in [2.75, 3.05) is 19.6 Å². The minimum atomic E-state index is -1.46. The number of aliphatic hydroxyl groups excluding tert-OH is 1. The number of hydrogen-bond donors (Lipinski definition) is 1. The van der Waals surface area contributed by atoms with Crippen LogP contribution in [0.1, 0.15) is 55.4 Å². The van der Waals surface area contributed by atoms with E-state index in [-0.39, 0.29) is 36.8 Å². The van der Waals surface area contributed by atoms with Gasteiger partial charge in [-0.15, -0.1) is 11.3 Å². The van der Waals surface area contributed by atoms with Crippen LogP contribution < -0.4 is 0 Å². The van der Waals surface area contributed by atoms with Gasteiger partial charge in [-0.05, 0) is 41.7 Å². The highest BCUT2D eigenvalue weighted by molar-refractivity contribution is 7.15. The average molecular weight is 680 g/mol. The Balaban J connectivity index is 1.50. The van der Waals surface area contributed by atoms with Gasteiger partial charge in [0.05, 0.1) is 18.3 Å². The minimum absolute atomic E-state index is 0.00291. The summed E-state index contributed by atoms with van der Waals surface area (Å²) in [5.74, 6) is -2.67. The van der Waals surface area contributed by atoms with Crippen LogP contribution >= 0.6 is 11.3 Å². The molecule has 1 N–H and O–H groups in total. The Kier molecular flexibility index (Phi) is 10.9. The van der Waals surface area contributed by atoms with Gasteiger partial charge in [-0.1, -0.05) is 81.4 Å². The van der Waals surface area contributed by atoms with Crippen LogP contribution in [0.15, 0.2) is 78.9 Å². The summed E-state index contributed by atoms with van der Waals surface area (Å²) in [5.41, 5.74) is 1.48. The number of rotatable bonds is 10. The third-order valence-electron chi connectivity index (χ3n) is 8.38. The lowest BCUT2D eigenvalue weighted by molar-refractivity contribution is -0.145. The lowest BCUT2D eigenvalue weighted by atomic mass is 9.81. The predicted molar refractivity (Wildman–Crippen MR) is 179 cm³/mol. The van der Waals surface area contributed by atoms with E-state index in [4.69, 9.17) is 9.72 Å². The fourth-order valence-electron chi connectivity index (χ4n) is 6.07. The van der Waals surface area contributed by atoms with Gasteiger partial charge in [-0.3, -0.25) is 4.79 Å². The topological polar surface area (TPSA) is 83.0 Å². The summed E-state index contributed by atoms with van der Waals surface area (Å²) in [7, 11) is 0. The second-order valence-electron chi connectivity index (χ2n) is 13.3. The van der Waals surface area contributed by atoms with Gasteiger partial charge in [0.15, 0.2) is 0 Å². The van der Waals surface area contributed by atoms with Crippen molar-refractivity contribution < 1.29 is 32.6 Å². The van der Waals surface area contributed by atoms with Crippen molar-refractivity contribution in [1.82, 2.24) is 14.8 Å². The van der Waals surface area contributed by atoms with Crippen LogP contribution in [0.25, 0.3) is 10.6 Å². The molecule has 1 aliphatic heterocycles. The van der Waals surface area contributed by atoms with E-state index in [0.29, 0.717) is 12.1 Å². The van der Waals surface area contributed by atoms with Gasteiger partial charge in [0.1, 0.15) is 35.5 Å². The van der Waals surface area contributed by atoms with E-state index >= 15 is 8.78 Å². The number of carbonyl (C=O) groups is 2. The number of aliphatic hydroxyl groups is 1. The van der Waals surface area contributed by atoms with Crippen molar-refractivity contribution in [2.45, 2.75) is 59.0 Å². The third kappa shape index (κ3) is 8.25. The largest absolute Gasteiger partial charge is 0.445 e. The molecule has 1 aliphatic rings. The number of aromatic nitrogens is 1. The summed E-state index contributed by atoms with van der Waals surface area (Å²) < 4.78 is 50.5. The number of amides is 2. The maximum atomic E-state index is 15.7. The van der Waals surface area contributed by atoms with Crippen LogP contribution in [0.2, 0.25) is 0 Å². The lowest BCUT2D eigenvalue weighted by Crippen LogP contribution is -2.48. The quantitative estimate of drug-likeness (QED) is 0.187. The highest BCUT2D eigenvalue weighted by Crippen LogP contribution is 2.44. The number of benzene rings is 3. The average Bonchev–Trinajstić information content (AvgIpc) is 3.63. The summed E-state index contributed by atoms with van der Waals surface area (Å²) >= 11 is 1.20. The first-order chi connectivity index (χ1) is 22.8. The number of alkyl halides is 1. The number of nitrogens with zero attached hydrogens (tertiary/aromatic N) is 3. The van der Waals surface area contributed by atoms with Crippen LogP contribution in [-0.2, 0) is 22.6 Å². The second kappa shape index (κ2) is 14.9. The van der Waals surface area contributed by atoms with E-state index in [1.54, 1.807) is 0 Å². The molecule has 3 aromatic carbocycles. The Morgan fingerprint density at radius 1 is 1.02 bits per heavy atom. The maximum absolute atomic E-state index is 15.7. The second-order valence-corrected chi connectivity index (χ2v) is 14.4. The minimum Gasteiger partial charge on any atom is -0.445 e. The van der Waals surface area contributed by atoms with Crippen molar-refractivity contribution >= 4 is 23.3 Å². The van der Waals surface area contributed by atoms with Gasteiger partial charge in [0.25, 0.3) is 5.91 Å². The van der Waals surface area contributed by atoms with Gasteiger partial charge in [0, 0.05) is 35.9 Å². The molecule has 11 heteroatoms. The molecule has 48 heavy (non-hydrogen) atoms. The van der Waals surface area contributed by atoms with Crippen LogP contribution in [0.4, 0.5) is 18.0 Å². The smallest absolute Gasteiger partial charge is 0.410 e. The molecule has 0 saturated carbocycles. The van der Waals surface area contributed by atoms with E-state index < -0.39 is 53.3 Å². The lowest BCUT2D eigenvalue weighted by Gasteiger charge is -2.41. The summed E-state index contributed by atoms with van der Waals surface area (Å²) in [6, 6.07) is 21.1. The molecule has 0 aliphatic carbocycles. The number of carbonyl (C=O) groups excluding carboxylic acids is 2. The molecule has 7 nitrogen and oxygen atoms in total. The fourth-order valence-corrected chi connectivity index (χ4v) is 7.21. The fraction of sp³-hybridized carbons (Fsp3) is 0.378. The van der Waals surface area contributed by atoms with Gasteiger partial charge < -0.3 is 19.6 Å².